The van der Waals surface area contributed by atoms with Gasteiger partial charge < -0.3 is 8.98 Å². The van der Waals surface area contributed by atoms with E-state index < -0.39 is 0 Å². The second-order valence-electron chi connectivity index (χ2n) is 12.4. The van der Waals surface area contributed by atoms with Gasteiger partial charge in [0.2, 0.25) is 0 Å². The summed E-state index contributed by atoms with van der Waals surface area (Å²) in [5.41, 5.74) is 12.0. The van der Waals surface area contributed by atoms with Gasteiger partial charge in [-0.15, -0.1) is 0 Å². The third-order valence-electron chi connectivity index (χ3n) is 9.69. The van der Waals surface area contributed by atoms with E-state index in [1.165, 1.54) is 32.6 Å². The first kappa shape index (κ1) is 26.7. The third-order valence-corrected chi connectivity index (χ3v) is 9.69. The average molecular weight is 613 g/mol. The molecule has 3 heterocycles. The van der Waals surface area contributed by atoms with Crippen LogP contribution >= 0.6 is 0 Å². The number of furan rings is 1. The standard InChI is InChI=1S/C45H28N2O/c1-2-9-33-27-43-41(26-32(33)8-1)38-11-3-4-16-42(38)47(43)35-23-21-31(22-24-35)37-13-6-15-40-39-14-5-12-36(44(39)48-45(37)40)30-19-17-29(18-20-30)34-10-7-25-46-28-34/h1-28H. The van der Waals surface area contributed by atoms with Crippen LogP contribution in [0.15, 0.2) is 175 Å². The number of rotatable bonds is 4. The summed E-state index contributed by atoms with van der Waals surface area (Å²) in [6.45, 7) is 0. The summed E-state index contributed by atoms with van der Waals surface area (Å²) in [6, 6.07) is 56.4. The molecule has 10 rings (SSSR count). The first-order chi connectivity index (χ1) is 23.8. The molecular weight excluding hydrogens is 585 g/mol. The van der Waals surface area contributed by atoms with Crippen molar-refractivity contribution in [2.24, 2.45) is 0 Å². The van der Waals surface area contributed by atoms with Crippen molar-refractivity contribution in [3.05, 3.63) is 170 Å². The van der Waals surface area contributed by atoms with Crippen LogP contribution in [0.4, 0.5) is 0 Å². The van der Waals surface area contributed by atoms with E-state index in [2.05, 4.69) is 161 Å². The maximum Gasteiger partial charge on any atom is 0.143 e. The Hall–Kier alpha value is -6.45. The molecule has 224 valence electrons. The molecule has 0 saturated heterocycles. The quantitative estimate of drug-likeness (QED) is 0.198. The minimum Gasteiger partial charge on any atom is -0.455 e. The molecule has 0 bridgehead atoms. The van der Waals surface area contributed by atoms with Crippen LogP contribution in [-0.4, -0.2) is 9.55 Å². The lowest BCUT2D eigenvalue weighted by molar-refractivity contribution is 0.671. The predicted octanol–water partition coefficient (Wildman–Crippen LogP) is 12.2. The highest BCUT2D eigenvalue weighted by atomic mass is 16.3. The molecule has 0 amide bonds. The number of fused-ring (bicyclic) bond motifs is 7. The molecule has 0 aliphatic rings. The van der Waals surface area contributed by atoms with E-state index in [0.29, 0.717) is 0 Å². The van der Waals surface area contributed by atoms with E-state index >= 15 is 0 Å². The molecule has 48 heavy (non-hydrogen) atoms. The predicted molar refractivity (Wildman–Crippen MR) is 200 cm³/mol. The monoisotopic (exact) mass is 612 g/mol. The summed E-state index contributed by atoms with van der Waals surface area (Å²) in [6.07, 6.45) is 3.70. The smallest absolute Gasteiger partial charge is 0.143 e. The fourth-order valence-electron chi connectivity index (χ4n) is 7.37. The van der Waals surface area contributed by atoms with E-state index in [0.717, 1.165) is 61.0 Å². The Morgan fingerprint density at radius 1 is 0.417 bits per heavy atom. The van der Waals surface area contributed by atoms with Crippen LogP contribution in [-0.2, 0) is 0 Å². The fourth-order valence-corrected chi connectivity index (χ4v) is 7.37. The van der Waals surface area contributed by atoms with E-state index in [1.807, 2.05) is 12.3 Å². The van der Waals surface area contributed by atoms with E-state index in [1.54, 1.807) is 6.20 Å². The van der Waals surface area contributed by atoms with Gasteiger partial charge in [-0.3, -0.25) is 4.98 Å². The molecule has 0 saturated carbocycles. The maximum absolute atomic E-state index is 6.78. The van der Waals surface area contributed by atoms with E-state index in [9.17, 15) is 0 Å². The molecule has 0 atom stereocenters. The molecule has 3 aromatic heterocycles. The Kier molecular flexibility index (Phi) is 5.87. The van der Waals surface area contributed by atoms with Gasteiger partial charge in [0.15, 0.2) is 0 Å². The van der Waals surface area contributed by atoms with Crippen LogP contribution in [0.5, 0.6) is 0 Å². The number of benzene rings is 7. The average Bonchev–Trinajstić information content (AvgIpc) is 3.70. The normalized spacial score (nSPS) is 11.8. The van der Waals surface area contributed by atoms with Crippen molar-refractivity contribution in [1.82, 2.24) is 9.55 Å². The van der Waals surface area contributed by atoms with Crippen LogP contribution in [0.3, 0.4) is 0 Å². The summed E-state index contributed by atoms with van der Waals surface area (Å²) in [7, 11) is 0. The third kappa shape index (κ3) is 4.11. The van der Waals surface area contributed by atoms with Crippen LogP contribution in [0.25, 0.3) is 93.6 Å². The summed E-state index contributed by atoms with van der Waals surface area (Å²) >= 11 is 0. The summed E-state index contributed by atoms with van der Waals surface area (Å²) in [5.74, 6) is 0. The van der Waals surface area contributed by atoms with Crippen molar-refractivity contribution in [2.75, 3.05) is 0 Å². The Bertz CT molecular complexity index is 2810. The van der Waals surface area contributed by atoms with Crippen molar-refractivity contribution in [3.63, 3.8) is 0 Å². The molecule has 0 N–H and O–H groups in total. The van der Waals surface area contributed by atoms with Crippen LogP contribution < -0.4 is 0 Å². The van der Waals surface area contributed by atoms with Gasteiger partial charge in [0.05, 0.1) is 11.0 Å². The number of pyridine rings is 1. The first-order valence-electron chi connectivity index (χ1n) is 16.3. The number of hydrogen-bond acceptors (Lipinski definition) is 2. The van der Waals surface area contributed by atoms with Crippen molar-refractivity contribution in [1.29, 1.82) is 0 Å². The van der Waals surface area contributed by atoms with Gasteiger partial charge in [-0.1, -0.05) is 121 Å². The van der Waals surface area contributed by atoms with Gasteiger partial charge >= 0.3 is 0 Å². The van der Waals surface area contributed by atoms with Crippen LogP contribution in [0.2, 0.25) is 0 Å². The summed E-state index contributed by atoms with van der Waals surface area (Å²) in [4.78, 5) is 4.28. The Morgan fingerprint density at radius 2 is 1.02 bits per heavy atom. The molecule has 0 spiro atoms. The molecule has 0 radical (unpaired) electrons. The van der Waals surface area contributed by atoms with Gasteiger partial charge in [-0.05, 0) is 69.4 Å². The Labute approximate surface area is 277 Å². The minimum absolute atomic E-state index is 0.906. The highest BCUT2D eigenvalue weighted by Gasteiger charge is 2.17. The number of nitrogens with zero attached hydrogens (tertiary/aromatic N) is 2. The minimum atomic E-state index is 0.906. The Balaban J connectivity index is 1.08. The molecule has 3 heteroatoms. The highest BCUT2D eigenvalue weighted by Crippen LogP contribution is 2.41. The highest BCUT2D eigenvalue weighted by molar-refractivity contribution is 6.14. The Morgan fingerprint density at radius 3 is 1.71 bits per heavy atom. The topological polar surface area (TPSA) is 31.0 Å². The van der Waals surface area contributed by atoms with Crippen molar-refractivity contribution < 1.29 is 4.42 Å². The fraction of sp³-hybridized carbons (Fsp3) is 0. The summed E-state index contributed by atoms with van der Waals surface area (Å²) in [5, 5.41) is 7.27. The zero-order valence-corrected chi connectivity index (χ0v) is 26.0. The van der Waals surface area contributed by atoms with Crippen LogP contribution in [0.1, 0.15) is 0 Å². The van der Waals surface area contributed by atoms with Gasteiger partial charge in [-0.25, -0.2) is 0 Å². The van der Waals surface area contributed by atoms with Gasteiger partial charge in [0, 0.05) is 50.8 Å². The SMILES string of the molecule is c1cncc(-c2ccc(-c3cccc4c3oc3c(-c5ccc(-n6c7ccccc7c7cc8ccccc8cc76)cc5)cccc34)cc2)c1. The molecule has 10 aromatic rings. The molecule has 0 fully saturated rings. The van der Waals surface area contributed by atoms with Crippen LogP contribution in [0, 0.1) is 0 Å². The molecule has 0 aliphatic heterocycles. The van der Waals surface area contributed by atoms with E-state index in [4.69, 9.17) is 4.42 Å². The number of hydrogen-bond donors (Lipinski definition) is 0. The second-order valence-corrected chi connectivity index (χ2v) is 12.4. The first-order valence-corrected chi connectivity index (χ1v) is 16.3. The summed E-state index contributed by atoms with van der Waals surface area (Å²) < 4.78 is 9.17. The maximum atomic E-state index is 6.78. The van der Waals surface area contributed by atoms with Crippen molar-refractivity contribution in [2.45, 2.75) is 0 Å². The zero-order valence-electron chi connectivity index (χ0n) is 26.0. The molecule has 0 aliphatic carbocycles. The lowest BCUT2D eigenvalue weighted by Gasteiger charge is -2.10. The van der Waals surface area contributed by atoms with Gasteiger partial charge in [0.1, 0.15) is 11.2 Å². The molecule has 7 aromatic carbocycles. The van der Waals surface area contributed by atoms with Gasteiger partial charge in [-0.2, -0.15) is 0 Å². The zero-order chi connectivity index (χ0) is 31.6. The lowest BCUT2D eigenvalue weighted by Crippen LogP contribution is -1.93. The van der Waals surface area contributed by atoms with Crippen molar-refractivity contribution in [3.8, 4) is 39.1 Å². The number of para-hydroxylation sites is 3. The second kappa shape index (κ2) is 10.5. The largest absolute Gasteiger partial charge is 0.455 e. The lowest BCUT2D eigenvalue weighted by atomic mass is 9.98. The van der Waals surface area contributed by atoms with Gasteiger partial charge in [0.25, 0.3) is 0 Å². The van der Waals surface area contributed by atoms with E-state index in [-0.39, 0.29) is 0 Å². The molecule has 3 nitrogen and oxygen atoms in total. The van der Waals surface area contributed by atoms with Crippen molar-refractivity contribution >= 4 is 54.5 Å². The molecular formula is C45H28N2O. The molecule has 0 unspecified atom stereocenters. The number of aromatic nitrogens is 2.